The molecular weight excluding hydrogens is 264 g/mol. The highest BCUT2D eigenvalue weighted by Crippen LogP contribution is 2.11. The SMILES string of the molecule is Cc1ccccc1CCc1nc(CS(C)(=O)=O)no1. The van der Waals surface area contributed by atoms with E-state index in [1.165, 1.54) is 11.1 Å². The fraction of sp³-hybridized carbons (Fsp3) is 0.385. The molecule has 2 aromatic rings. The minimum Gasteiger partial charge on any atom is -0.339 e. The zero-order valence-corrected chi connectivity index (χ0v) is 11.8. The first kappa shape index (κ1) is 13.7. The van der Waals surface area contributed by atoms with Gasteiger partial charge in [0.1, 0.15) is 5.75 Å². The number of rotatable bonds is 5. The summed E-state index contributed by atoms with van der Waals surface area (Å²) in [5.74, 6) is 0.519. The lowest BCUT2D eigenvalue weighted by Gasteiger charge is -2.02. The molecule has 0 radical (unpaired) electrons. The Morgan fingerprint density at radius 1 is 1.21 bits per heavy atom. The average molecular weight is 280 g/mol. The fourth-order valence-corrected chi connectivity index (χ4v) is 2.40. The van der Waals surface area contributed by atoms with Crippen LogP contribution < -0.4 is 0 Å². The molecule has 0 bridgehead atoms. The highest BCUT2D eigenvalue weighted by molar-refractivity contribution is 7.89. The maximum Gasteiger partial charge on any atom is 0.227 e. The summed E-state index contributed by atoms with van der Waals surface area (Å²) in [5, 5.41) is 3.67. The number of sulfone groups is 1. The number of hydrogen-bond donors (Lipinski definition) is 0. The summed E-state index contributed by atoms with van der Waals surface area (Å²) in [6.45, 7) is 2.05. The Morgan fingerprint density at radius 3 is 2.63 bits per heavy atom. The molecule has 0 spiro atoms. The second-order valence-corrected chi connectivity index (χ2v) is 6.74. The van der Waals surface area contributed by atoms with Crippen LogP contribution in [0.25, 0.3) is 0 Å². The molecule has 0 aliphatic rings. The molecular formula is C13H16N2O3S. The quantitative estimate of drug-likeness (QED) is 0.833. The molecule has 0 aliphatic carbocycles. The Labute approximate surface area is 112 Å². The Bertz CT molecular complexity index is 662. The zero-order chi connectivity index (χ0) is 13.9. The molecule has 0 atom stereocenters. The van der Waals surface area contributed by atoms with Crippen molar-refractivity contribution in [2.75, 3.05) is 6.26 Å². The van der Waals surface area contributed by atoms with Crippen LogP contribution in [-0.2, 0) is 28.4 Å². The van der Waals surface area contributed by atoms with Gasteiger partial charge in [-0.2, -0.15) is 4.98 Å². The van der Waals surface area contributed by atoms with Crippen LogP contribution >= 0.6 is 0 Å². The summed E-state index contributed by atoms with van der Waals surface area (Å²) >= 11 is 0. The van der Waals surface area contributed by atoms with Gasteiger partial charge in [0.05, 0.1) is 0 Å². The molecule has 1 heterocycles. The zero-order valence-electron chi connectivity index (χ0n) is 11.0. The van der Waals surface area contributed by atoms with Crippen molar-refractivity contribution in [3.05, 3.63) is 47.1 Å². The minimum atomic E-state index is -3.12. The van der Waals surface area contributed by atoms with Gasteiger partial charge < -0.3 is 4.52 Å². The van der Waals surface area contributed by atoms with E-state index in [0.29, 0.717) is 12.3 Å². The second kappa shape index (κ2) is 5.52. The van der Waals surface area contributed by atoms with Gasteiger partial charge in [0.15, 0.2) is 15.7 Å². The van der Waals surface area contributed by atoms with Crippen LogP contribution in [0.15, 0.2) is 28.8 Å². The van der Waals surface area contributed by atoms with Crippen LogP contribution in [0, 0.1) is 6.92 Å². The van der Waals surface area contributed by atoms with E-state index in [1.807, 2.05) is 12.1 Å². The molecule has 0 unspecified atom stereocenters. The standard InChI is InChI=1S/C13H16N2O3S/c1-10-5-3-4-6-11(10)7-8-13-14-12(15-18-13)9-19(2,16)17/h3-6H,7-9H2,1-2H3. The molecule has 0 fully saturated rings. The highest BCUT2D eigenvalue weighted by Gasteiger charge is 2.12. The lowest BCUT2D eigenvalue weighted by atomic mass is 10.0. The molecule has 0 saturated heterocycles. The van der Waals surface area contributed by atoms with E-state index >= 15 is 0 Å². The third-order valence-electron chi connectivity index (χ3n) is 2.77. The molecule has 5 nitrogen and oxygen atoms in total. The van der Waals surface area contributed by atoms with Crippen LogP contribution in [0.4, 0.5) is 0 Å². The van der Waals surface area contributed by atoms with Gasteiger partial charge in [-0.25, -0.2) is 8.42 Å². The van der Waals surface area contributed by atoms with Crippen molar-refractivity contribution in [1.29, 1.82) is 0 Å². The van der Waals surface area contributed by atoms with E-state index in [4.69, 9.17) is 4.52 Å². The number of nitrogens with zero attached hydrogens (tertiary/aromatic N) is 2. The minimum absolute atomic E-state index is 0.180. The summed E-state index contributed by atoms with van der Waals surface area (Å²) in [6.07, 6.45) is 2.56. The topological polar surface area (TPSA) is 73.1 Å². The highest BCUT2D eigenvalue weighted by atomic mass is 32.2. The van der Waals surface area contributed by atoms with E-state index in [-0.39, 0.29) is 11.6 Å². The average Bonchev–Trinajstić information content (AvgIpc) is 2.73. The predicted octanol–water partition coefficient (Wildman–Crippen LogP) is 1.71. The lowest BCUT2D eigenvalue weighted by molar-refractivity contribution is 0.374. The number of aryl methyl sites for hydroxylation is 3. The third kappa shape index (κ3) is 4.17. The Morgan fingerprint density at radius 2 is 1.95 bits per heavy atom. The van der Waals surface area contributed by atoms with Crippen molar-refractivity contribution in [2.45, 2.75) is 25.5 Å². The van der Waals surface area contributed by atoms with E-state index in [9.17, 15) is 8.42 Å². The maximum absolute atomic E-state index is 11.1. The first-order valence-electron chi connectivity index (χ1n) is 5.98. The van der Waals surface area contributed by atoms with Gasteiger partial charge >= 0.3 is 0 Å². The number of benzene rings is 1. The maximum atomic E-state index is 11.1. The number of hydrogen-bond acceptors (Lipinski definition) is 5. The van der Waals surface area contributed by atoms with Crippen molar-refractivity contribution in [1.82, 2.24) is 10.1 Å². The van der Waals surface area contributed by atoms with Crippen molar-refractivity contribution in [3.63, 3.8) is 0 Å². The summed E-state index contributed by atoms with van der Waals surface area (Å²) in [7, 11) is -3.12. The fourth-order valence-electron chi connectivity index (χ4n) is 1.82. The van der Waals surface area contributed by atoms with E-state index in [1.54, 1.807) is 0 Å². The summed E-state index contributed by atoms with van der Waals surface area (Å²) < 4.78 is 27.3. The third-order valence-corrected chi connectivity index (χ3v) is 3.55. The monoisotopic (exact) mass is 280 g/mol. The largest absolute Gasteiger partial charge is 0.339 e. The van der Waals surface area contributed by atoms with Gasteiger partial charge in [0.2, 0.25) is 5.89 Å². The normalized spacial score (nSPS) is 11.7. The first-order valence-corrected chi connectivity index (χ1v) is 8.04. The Balaban J connectivity index is 1.99. The van der Waals surface area contributed by atoms with Gasteiger partial charge in [-0.05, 0) is 24.5 Å². The van der Waals surface area contributed by atoms with Crippen LogP contribution in [-0.4, -0.2) is 24.8 Å². The van der Waals surface area contributed by atoms with Crippen molar-refractivity contribution < 1.29 is 12.9 Å². The molecule has 1 aromatic carbocycles. The van der Waals surface area contributed by atoms with Gasteiger partial charge in [0, 0.05) is 12.7 Å². The predicted molar refractivity (Wildman–Crippen MR) is 71.4 cm³/mol. The van der Waals surface area contributed by atoms with Gasteiger partial charge in [-0.3, -0.25) is 0 Å². The van der Waals surface area contributed by atoms with Crippen molar-refractivity contribution in [3.8, 4) is 0 Å². The molecule has 102 valence electrons. The Hall–Kier alpha value is -1.69. The van der Waals surface area contributed by atoms with Crippen molar-refractivity contribution in [2.24, 2.45) is 0 Å². The summed E-state index contributed by atoms with van der Waals surface area (Å²) in [6, 6.07) is 8.10. The van der Waals surface area contributed by atoms with Crippen LogP contribution in [0.5, 0.6) is 0 Å². The number of aromatic nitrogens is 2. The van der Waals surface area contributed by atoms with Crippen molar-refractivity contribution >= 4 is 9.84 Å². The van der Waals surface area contributed by atoms with Gasteiger partial charge in [-0.1, -0.05) is 29.4 Å². The molecule has 6 heteroatoms. The summed E-state index contributed by atoms with van der Waals surface area (Å²) in [5.41, 5.74) is 2.45. The molecule has 1 aromatic heterocycles. The smallest absolute Gasteiger partial charge is 0.227 e. The first-order chi connectivity index (χ1) is 8.94. The molecule has 0 aliphatic heterocycles. The molecule has 19 heavy (non-hydrogen) atoms. The molecule has 2 rings (SSSR count). The Kier molecular flexibility index (Phi) is 3.99. The van der Waals surface area contributed by atoms with Crippen LogP contribution in [0.2, 0.25) is 0 Å². The van der Waals surface area contributed by atoms with E-state index < -0.39 is 9.84 Å². The molecule has 0 saturated carbocycles. The van der Waals surface area contributed by atoms with Gasteiger partial charge in [0.25, 0.3) is 0 Å². The van der Waals surface area contributed by atoms with Crippen LogP contribution in [0.3, 0.4) is 0 Å². The summed E-state index contributed by atoms with van der Waals surface area (Å²) in [4.78, 5) is 4.08. The molecule has 0 amide bonds. The van der Waals surface area contributed by atoms with E-state index in [0.717, 1.165) is 12.7 Å². The lowest BCUT2D eigenvalue weighted by Crippen LogP contribution is -2.02. The second-order valence-electron chi connectivity index (χ2n) is 4.60. The van der Waals surface area contributed by atoms with Gasteiger partial charge in [-0.15, -0.1) is 0 Å². The molecule has 0 N–H and O–H groups in total. The van der Waals surface area contributed by atoms with E-state index in [2.05, 4.69) is 29.2 Å². The van der Waals surface area contributed by atoms with Crippen LogP contribution in [0.1, 0.15) is 22.8 Å².